The van der Waals surface area contributed by atoms with Gasteiger partial charge in [0.1, 0.15) is 17.5 Å². The Balaban J connectivity index is 1.56. The van der Waals surface area contributed by atoms with Gasteiger partial charge in [0.15, 0.2) is 0 Å². The highest BCUT2D eigenvalue weighted by Crippen LogP contribution is 2.35. The maximum absolute atomic E-state index is 5.54. The Bertz CT molecular complexity index is 702. The minimum atomic E-state index is 0.383. The van der Waals surface area contributed by atoms with Crippen LogP contribution in [0.5, 0.6) is 0 Å². The summed E-state index contributed by atoms with van der Waals surface area (Å²) in [6.07, 6.45) is 6.42. The van der Waals surface area contributed by atoms with Crippen molar-refractivity contribution in [3.05, 3.63) is 42.0 Å². The lowest BCUT2D eigenvalue weighted by molar-refractivity contribution is 0.0285. The summed E-state index contributed by atoms with van der Waals surface area (Å²) < 4.78 is 5.54. The van der Waals surface area contributed by atoms with E-state index >= 15 is 0 Å². The zero-order valence-electron chi connectivity index (χ0n) is 14.7. The molecule has 0 spiro atoms. The first-order valence-corrected chi connectivity index (χ1v) is 9.17. The van der Waals surface area contributed by atoms with Crippen LogP contribution >= 0.6 is 0 Å². The normalized spacial score (nSPS) is 22.2. The molecule has 2 aromatic heterocycles. The maximum atomic E-state index is 5.54. The first-order chi connectivity index (χ1) is 12.3. The Hall–Kier alpha value is -2.05. The number of nitrogens with zero attached hydrogens (tertiary/aromatic N) is 4. The lowest BCUT2D eigenvalue weighted by Gasteiger charge is -2.35. The second kappa shape index (κ2) is 7.45. The van der Waals surface area contributed by atoms with E-state index in [1.165, 1.54) is 6.42 Å². The van der Waals surface area contributed by atoms with Gasteiger partial charge in [-0.3, -0.25) is 4.90 Å². The van der Waals surface area contributed by atoms with Crippen LogP contribution in [0.1, 0.15) is 43.2 Å². The van der Waals surface area contributed by atoms with Gasteiger partial charge in [0.2, 0.25) is 0 Å². The van der Waals surface area contributed by atoms with Gasteiger partial charge in [0, 0.05) is 31.5 Å². The van der Waals surface area contributed by atoms with Gasteiger partial charge in [-0.15, -0.1) is 0 Å². The number of nitrogens with one attached hydrogen (secondary N) is 1. The first kappa shape index (κ1) is 16.4. The molecule has 1 N–H and O–H groups in total. The Labute approximate surface area is 148 Å². The second-order valence-corrected chi connectivity index (χ2v) is 6.80. The molecule has 0 aromatic carbocycles. The molecule has 25 heavy (non-hydrogen) atoms. The number of rotatable bonds is 4. The van der Waals surface area contributed by atoms with Crippen LogP contribution in [0, 0.1) is 6.92 Å². The summed E-state index contributed by atoms with van der Waals surface area (Å²) in [6, 6.07) is 8.91. The largest absolute Gasteiger partial charge is 0.381 e. The molecule has 6 heteroatoms. The molecule has 0 unspecified atom stereocenters. The quantitative estimate of drug-likeness (QED) is 0.923. The smallest absolute Gasteiger partial charge is 0.135 e. The van der Waals surface area contributed by atoms with Crippen LogP contribution in [0.4, 0.5) is 11.6 Å². The van der Waals surface area contributed by atoms with Crippen LogP contribution in [0.3, 0.4) is 0 Å². The molecule has 0 radical (unpaired) electrons. The van der Waals surface area contributed by atoms with E-state index in [2.05, 4.69) is 26.3 Å². The van der Waals surface area contributed by atoms with Gasteiger partial charge in [0.25, 0.3) is 0 Å². The van der Waals surface area contributed by atoms with Crippen molar-refractivity contribution in [2.75, 3.05) is 25.1 Å². The predicted molar refractivity (Wildman–Crippen MR) is 96.8 cm³/mol. The predicted octanol–water partition coefficient (Wildman–Crippen LogP) is 3.24. The molecule has 2 aliphatic rings. The zero-order chi connectivity index (χ0) is 17.1. The van der Waals surface area contributed by atoms with E-state index in [0.717, 1.165) is 62.2 Å². The van der Waals surface area contributed by atoms with E-state index < -0.39 is 0 Å². The molecule has 1 atom stereocenters. The van der Waals surface area contributed by atoms with Gasteiger partial charge in [-0.25, -0.2) is 15.0 Å². The molecule has 2 saturated heterocycles. The monoisotopic (exact) mass is 339 g/mol. The summed E-state index contributed by atoms with van der Waals surface area (Å²) in [7, 11) is 0. The third-order valence-corrected chi connectivity index (χ3v) is 5.07. The minimum Gasteiger partial charge on any atom is -0.381 e. The highest BCUT2D eigenvalue weighted by molar-refractivity contribution is 5.51. The third-order valence-electron chi connectivity index (χ3n) is 5.07. The van der Waals surface area contributed by atoms with Gasteiger partial charge in [-0.1, -0.05) is 6.07 Å². The summed E-state index contributed by atoms with van der Waals surface area (Å²) in [4.78, 5) is 16.3. The molecule has 4 rings (SSSR count). The fourth-order valence-electron chi connectivity index (χ4n) is 3.95. The molecule has 2 fully saturated rings. The fraction of sp³-hybridized carbons (Fsp3) is 0.526. The number of ether oxygens (including phenoxy) is 1. The maximum Gasteiger partial charge on any atom is 0.135 e. The molecule has 0 amide bonds. The van der Waals surface area contributed by atoms with Crippen LogP contribution in [0.2, 0.25) is 0 Å². The molecular formula is C19H25N5O. The van der Waals surface area contributed by atoms with E-state index in [1.54, 1.807) is 6.20 Å². The van der Waals surface area contributed by atoms with E-state index in [0.29, 0.717) is 12.1 Å². The number of hydrogen-bond donors (Lipinski definition) is 1. The molecule has 132 valence electrons. The van der Waals surface area contributed by atoms with Crippen LogP contribution in [-0.4, -0.2) is 45.7 Å². The Morgan fingerprint density at radius 3 is 2.80 bits per heavy atom. The van der Waals surface area contributed by atoms with Crippen molar-refractivity contribution in [3.63, 3.8) is 0 Å². The second-order valence-electron chi connectivity index (χ2n) is 6.80. The van der Waals surface area contributed by atoms with E-state index in [9.17, 15) is 0 Å². The molecule has 6 nitrogen and oxygen atoms in total. The molecule has 0 aliphatic carbocycles. The lowest BCUT2D eigenvalue weighted by atomic mass is 10.0. The SMILES string of the molecule is Cc1nc(Nc2ccccn2)cc([C@H]2CCCN2C2CCOCC2)n1. The lowest BCUT2D eigenvalue weighted by Crippen LogP contribution is -2.39. The third kappa shape index (κ3) is 3.80. The summed E-state index contributed by atoms with van der Waals surface area (Å²) in [6.45, 7) is 4.87. The number of hydrogen-bond acceptors (Lipinski definition) is 6. The fourth-order valence-corrected chi connectivity index (χ4v) is 3.95. The van der Waals surface area contributed by atoms with Crippen molar-refractivity contribution in [1.29, 1.82) is 0 Å². The van der Waals surface area contributed by atoms with Crippen LogP contribution in [0.25, 0.3) is 0 Å². The van der Waals surface area contributed by atoms with Crippen molar-refractivity contribution in [1.82, 2.24) is 19.9 Å². The number of pyridine rings is 1. The highest BCUT2D eigenvalue weighted by Gasteiger charge is 2.33. The van der Waals surface area contributed by atoms with Crippen molar-refractivity contribution >= 4 is 11.6 Å². The summed E-state index contributed by atoms with van der Waals surface area (Å²) in [5, 5.41) is 3.30. The van der Waals surface area contributed by atoms with Crippen molar-refractivity contribution in [2.45, 2.75) is 44.7 Å². The number of aryl methyl sites for hydroxylation is 1. The topological polar surface area (TPSA) is 63.2 Å². The van der Waals surface area contributed by atoms with Gasteiger partial charge in [0.05, 0.1) is 11.7 Å². The number of likely N-dealkylation sites (tertiary alicyclic amines) is 1. The Morgan fingerprint density at radius 2 is 2.00 bits per heavy atom. The molecule has 2 aromatic rings. The molecule has 0 saturated carbocycles. The highest BCUT2D eigenvalue weighted by atomic mass is 16.5. The average molecular weight is 339 g/mol. The van der Waals surface area contributed by atoms with Crippen molar-refractivity contribution in [3.8, 4) is 0 Å². The average Bonchev–Trinajstić information content (AvgIpc) is 3.13. The van der Waals surface area contributed by atoms with E-state index in [1.807, 2.05) is 25.1 Å². The van der Waals surface area contributed by atoms with Gasteiger partial charge < -0.3 is 10.1 Å². The van der Waals surface area contributed by atoms with Crippen LogP contribution in [-0.2, 0) is 4.74 Å². The van der Waals surface area contributed by atoms with E-state index in [4.69, 9.17) is 9.72 Å². The van der Waals surface area contributed by atoms with E-state index in [-0.39, 0.29) is 0 Å². The van der Waals surface area contributed by atoms with Crippen LogP contribution < -0.4 is 5.32 Å². The summed E-state index contributed by atoms with van der Waals surface area (Å²) in [5.41, 5.74) is 1.12. The zero-order valence-corrected chi connectivity index (χ0v) is 14.7. The molecule has 4 heterocycles. The van der Waals surface area contributed by atoms with Crippen molar-refractivity contribution in [2.24, 2.45) is 0 Å². The van der Waals surface area contributed by atoms with Gasteiger partial charge in [-0.2, -0.15) is 0 Å². The van der Waals surface area contributed by atoms with Crippen LogP contribution in [0.15, 0.2) is 30.5 Å². The summed E-state index contributed by atoms with van der Waals surface area (Å²) >= 11 is 0. The summed E-state index contributed by atoms with van der Waals surface area (Å²) in [5.74, 6) is 2.43. The standard InChI is InChI=1S/C19H25N5O/c1-14-21-16(13-19(22-14)23-18-6-2-3-9-20-18)17-5-4-10-24(17)15-7-11-25-12-8-15/h2-3,6,9,13,15,17H,4-5,7-8,10-12H2,1H3,(H,20,21,22,23)/t17-/m1/s1. The first-order valence-electron chi connectivity index (χ1n) is 9.17. The number of anilines is 2. The van der Waals surface area contributed by atoms with Gasteiger partial charge >= 0.3 is 0 Å². The molecule has 0 bridgehead atoms. The molecule has 2 aliphatic heterocycles. The molecular weight excluding hydrogens is 314 g/mol. The Kier molecular flexibility index (Phi) is 4.90. The number of aromatic nitrogens is 3. The van der Waals surface area contributed by atoms with Crippen molar-refractivity contribution < 1.29 is 4.74 Å². The Morgan fingerprint density at radius 1 is 1.12 bits per heavy atom. The minimum absolute atomic E-state index is 0.383. The van der Waals surface area contributed by atoms with Gasteiger partial charge in [-0.05, 0) is 51.3 Å².